The van der Waals surface area contributed by atoms with Crippen LogP contribution in [0.2, 0.25) is 0 Å². The Labute approximate surface area is 187 Å². The second-order valence-corrected chi connectivity index (χ2v) is 9.61. The van der Waals surface area contributed by atoms with Crippen molar-refractivity contribution in [1.82, 2.24) is 9.99 Å². The average molecular weight is 452 g/mol. The van der Waals surface area contributed by atoms with E-state index in [1.165, 1.54) is 0 Å². The third-order valence-corrected chi connectivity index (χ3v) is 7.30. The largest absolute Gasteiger partial charge is 0.476 e. The maximum atomic E-state index is 12.0. The van der Waals surface area contributed by atoms with E-state index in [0.29, 0.717) is 26.0 Å². The minimum absolute atomic E-state index is 0.0291. The summed E-state index contributed by atoms with van der Waals surface area (Å²) < 4.78 is 26.2. The lowest BCUT2D eigenvalue weighted by molar-refractivity contribution is -0.121. The Balaban J connectivity index is 2.08. The first-order chi connectivity index (χ1) is 14.8. The summed E-state index contributed by atoms with van der Waals surface area (Å²) in [7, 11) is -1.34. The first-order valence-electron chi connectivity index (χ1n) is 10.7. The Hall–Kier alpha value is -1.67. The molecule has 9 heteroatoms. The summed E-state index contributed by atoms with van der Waals surface area (Å²) in [5.74, 6) is 2.32. The molecule has 0 aromatic rings. The van der Waals surface area contributed by atoms with Crippen molar-refractivity contribution in [2.24, 2.45) is 5.92 Å². The van der Waals surface area contributed by atoms with Gasteiger partial charge in [0, 0.05) is 31.0 Å². The van der Waals surface area contributed by atoms with Gasteiger partial charge in [-0.2, -0.15) is 5.26 Å². The van der Waals surface area contributed by atoms with Gasteiger partial charge in [0.05, 0.1) is 37.4 Å². The Bertz CT molecular complexity index is 707. The Morgan fingerprint density at radius 3 is 2.71 bits per heavy atom. The minimum atomic E-state index is -1.34. The number of rotatable bonds is 11. The van der Waals surface area contributed by atoms with Crippen molar-refractivity contribution in [3.05, 3.63) is 11.8 Å². The number of ether oxygens (including phenoxy) is 2. The number of nitrogens with zero attached hydrogens (tertiary/aromatic N) is 2. The van der Waals surface area contributed by atoms with Crippen molar-refractivity contribution in [3.63, 3.8) is 0 Å². The van der Waals surface area contributed by atoms with E-state index in [0.717, 1.165) is 0 Å². The third-order valence-electron chi connectivity index (χ3n) is 5.14. The number of nitriles is 1. The van der Waals surface area contributed by atoms with Crippen LogP contribution in [0.5, 0.6) is 0 Å². The smallest absolute Gasteiger partial charge is 0.286 e. The molecule has 0 aromatic heterocycles. The summed E-state index contributed by atoms with van der Waals surface area (Å²) in [5, 5.41) is 11.7. The quantitative estimate of drug-likeness (QED) is 0.293. The molecule has 2 rings (SSSR count). The van der Waals surface area contributed by atoms with E-state index < -0.39 is 8.53 Å². The molecule has 1 N–H and O–H groups in total. The van der Waals surface area contributed by atoms with Gasteiger partial charge in [0.1, 0.15) is 6.61 Å². The maximum absolute atomic E-state index is 12.0. The van der Waals surface area contributed by atoms with Crippen molar-refractivity contribution in [3.8, 4) is 18.4 Å². The fraction of sp³-hybridized carbons (Fsp3) is 0.727. The first-order valence-corrected chi connectivity index (χ1v) is 11.9. The highest BCUT2D eigenvalue weighted by Crippen LogP contribution is 2.49. The van der Waals surface area contributed by atoms with Crippen LogP contribution in [-0.2, 0) is 23.3 Å². The summed E-state index contributed by atoms with van der Waals surface area (Å²) in [4.78, 5) is 12.0. The number of carbonyl (C=O) groups excluding carboxylic acids is 1. The van der Waals surface area contributed by atoms with Crippen LogP contribution < -0.4 is 5.32 Å². The van der Waals surface area contributed by atoms with Crippen molar-refractivity contribution in [2.45, 2.75) is 77.9 Å². The van der Waals surface area contributed by atoms with E-state index in [2.05, 4.69) is 49.7 Å². The van der Waals surface area contributed by atoms with Gasteiger partial charge in [-0.1, -0.05) is 5.92 Å². The van der Waals surface area contributed by atoms with Gasteiger partial charge in [-0.25, -0.2) is 4.67 Å². The van der Waals surface area contributed by atoms with Crippen LogP contribution in [0, 0.1) is 29.6 Å². The molecule has 0 spiro atoms. The fourth-order valence-electron chi connectivity index (χ4n) is 3.75. The predicted molar refractivity (Wildman–Crippen MR) is 118 cm³/mol. The number of nitrogens with one attached hydrogen (secondary N) is 1. The third kappa shape index (κ3) is 7.17. The monoisotopic (exact) mass is 451 g/mol. The molecule has 1 amide bonds. The molecular weight excluding hydrogens is 417 g/mol. The van der Waals surface area contributed by atoms with E-state index in [4.69, 9.17) is 30.2 Å². The molecular formula is C22H34N3O5P. The molecule has 8 nitrogen and oxygen atoms in total. The number of terminal acetylenes is 1. The van der Waals surface area contributed by atoms with Gasteiger partial charge >= 0.3 is 0 Å². The number of amides is 1. The fourth-order valence-corrected chi connectivity index (χ4v) is 5.55. The number of carbonyl (C=O) groups is 1. The first kappa shape index (κ1) is 25.6. The van der Waals surface area contributed by atoms with Crippen LogP contribution in [0.3, 0.4) is 0 Å². The summed E-state index contributed by atoms with van der Waals surface area (Å²) in [6, 6.07) is 2.58. The zero-order chi connectivity index (χ0) is 23.0. The summed E-state index contributed by atoms with van der Waals surface area (Å²) >= 11 is 0. The highest BCUT2D eigenvalue weighted by atomic mass is 31.2. The molecule has 2 heterocycles. The van der Waals surface area contributed by atoms with Gasteiger partial charge in [-0.15, -0.1) is 6.42 Å². The van der Waals surface area contributed by atoms with Gasteiger partial charge in [-0.05, 0) is 40.7 Å². The van der Waals surface area contributed by atoms with E-state index in [1.807, 2.05) is 6.92 Å². The molecule has 0 saturated carbocycles. The number of hydrogen-bond acceptors (Lipinski definition) is 7. The lowest BCUT2D eigenvalue weighted by atomic mass is 9.95. The summed E-state index contributed by atoms with van der Waals surface area (Å²) in [6.45, 7) is 11.3. The van der Waals surface area contributed by atoms with Crippen LogP contribution >= 0.6 is 8.53 Å². The van der Waals surface area contributed by atoms with Crippen molar-refractivity contribution >= 4 is 14.4 Å². The molecule has 3 unspecified atom stereocenters. The Kier molecular flexibility index (Phi) is 10.2. The second-order valence-electron chi connectivity index (χ2n) is 8.20. The van der Waals surface area contributed by atoms with Gasteiger partial charge < -0.3 is 23.8 Å². The normalized spacial score (nSPS) is 27.0. The Morgan fingerprint density at radius 1 is 1.39 bits per heavy atom. The van der Waals surface area contributed by atoms with Crippen LogP contribution in [0.25, 0.3) is 0 Å². The molecule has 0 radical (unpaired) electrons. The van der Waals surface area contributed by atoms with Crippen LogP contribution in [0.1, 0.15) is 47.5 Å². The molecule has 31 heavy (non-hydrogen) atoms. The highest BCUT2D eigenvalue weighted by Gasteiger charge is 2.41. The molecule has 0 aromatic carbocycles. The standard InChI is InChI=1S/C22H34N3O5P/c1-7-10-27-21-12-18(14-24-22(21)26)20-13-19(17(6)29-20)30-31(28-11-8-9-23)25(15(2)3)16(4)5/h1,12,15-20H,8,10-11,13-14H2,2-6H3,(H,24,26)/t17-,18?,19?,20-,31?/m1/s1. The lowest BCUT2D eigenvalue weighted by Crippen LogP contribution is -2.40. The van der Waals surface area contributed by atoms with Crippen LogP contribution in [0.4, 0.5) is 0 Å². The highest BCUT2D eigenvalue weighted by molar-refractivity contribution is 7.44. The van der Waals surface area contributed by atoms with Crippen molar-refractivity contribution < 1.29 is 23.3 Å². The zero-order valence-corrected chi connectivity index (χ0v) is 19.9. The van der Waals surface area contributed by atoms with Crippen molar-refractivity contribution in [2.75, 3.05) is 19.8 Å². The number of hydrogen-bond donors (Lipinski definition) is 1. The molecule has 0 bridgehead atoms. The maximum Gasteiger partial charge on any atom is 0.286 e. The molecule has 172 valence electrons. The van der Waals surface area contributed by atoms with E-state index in [1.54, 1.807) is 6.08 Å². The molecule has 5 atom stereocenters. The molecule has 2 aliphatic heterocycles. The summed E-state index contributed by atoms with van der Waals surface area (Å²) in [5.41, 5.74) is 0. The molecule has 0 aliphatic carbocycles. The van der Waals surface area contributed by atoms with Gasteiger partial charge in [-0.3, -0.25) is 4.79 Å². The van der Waals surface area contributed by atoms with Crippen LogP contribution in [0.15, 0.2) is 11.8 Å². The average Bonchev–Trinajstić information content (AvgIpc) is 3.07. The van der Waals surface area contributed by atoms with Crippen molar-refractivity contribution in [1.29, 1.82) is 5.26 Å². The van der Waals surface area contributed by atoms with E-state index in [-0.39, 0.29) is 54.6 Å². The van der Waals surface area contributed by atoms with Crippen LogP contribution in [-0.4, -0.2) is 60.7 Å². The molecule has 1 fully saturated rings. The molecule has 2 aliphatic rings. The van der Waals surface area contributed by atoms with E-state index in [9.17, 15) is 4.79 Å². The predicted octanol–water partition coefficient (Wildman–Crippen LogP) is 3.10. The lowest BCUT2D eigenvalue weighted by Gasteiger charge is -2.37. The topological polar surface area (TPSA) is 93.1 Å². The van der Waals surface area contributed by atoms with Gasteiger partial charge in [0.15, 0.2) is 5.76 Å². The minimum Gasteiger partial charge on any atom is -0.476 e. The van der Waals surface area contributed by atoms with Gasteiger partial charge in [0.25, 0.3) is 14.4 Å². The molecule has 1 saturated heterocycles. The summed E-state index contributed by atoms with van der Waals surface area (Å²) in [6.07, 6.45) is 7.63. The second kappa shape index (κ2) is 12.4. The zero-order valence-electron chi connectivity index (χ0n) is 19.0. The van der Waals surface area contributed by atoms with Gasteiger partial charge in [0.2, 0.25) is 0 Å². The van der Waals surface area contributed by atoms with E-state index >= 15 is 0 Å². The Morgan fingerprint density at radius 2 is 2.10 bits per heavy atom. The SMILES string of the molecule is C#CCOC1=CC([C@H]2CC(OP(OCCC#N)N(C(C)C)C(C)C)[C@@H](C)O2)CNC1=O.